The summed E-state index contributed by atoms with van der Waals surface area (Å²) in [6.45, 7) is 7.70. The molecule has 18 heavy (non-hydrogen) atoms. The van der Waals surface area contributed by atoms with Gasteiger partial charge >= 0.3 is 5.97 Å². The average molecular weight is 253 g/mol. The van der Waals surface area contributed by atoms with E-state index in [0.29, 0.717) is 6.42 Å². The Labute approximate surface area is 108 Å². The van der Waals surface area contributed by atoms with Crippen molar-refractivity contribution < 1.29 is 9.90 Å². The zero-order valence-corrected chi connectivity index (χ0v) is 11.9. The lowest BCUT2D eigenvalue weighted by molar-refractivity contribution is -0.150. The minimum Gasteiger partial charge on any atom is -0.481 e. The Morgan fingerprint density at radius 3 is 2.56 bits per heavy atom. The molecule has 0 saturated carbocycles. The van der Waals surface area contributed by atoms with Gasteiger partial charge in [0.2, 0.25) is 0 Å². The van der Waals surface area contributed by atoms with E-state index in [2.05, 4.69) is 17.0 Å². The van der Waals surface area contributed by atoms with Crippen molar-refractivity contribution in [1.29, 1.82) is 0 Å². The molecule has 0 aliphatic carbocycles. The summed E-state index contributed by atoms with van der Waals surface area (Å²) in [6, 6.07) is 0. The third-order valence-electron chi connectivity index (χ3n) is 3.66. The highest BCUT2D eigenvalue weighted by Crippen LogP contribution is 2.31. The highest BCUT2D eigenvalue weighted by atomic mass is 16.4. The van der Waals surface area contributed by atoms with Crippen LogP contribution in [-0.4, -0.2) is 25.8 Å². The van der Waals surface area contributed by atoms with E-state index in [1.165, 1.54) is 0 Å². The molecule has 0 aliphatic heterocycles. The second kappa shape index (κ2) is 5.50. The van der Waals surface area contributed by atoms with E-state index in [1.54, 1.807) is 11.6 Å². The Balaban J connectivity index is 2.98. The van der Waals surface area contributed by atoms with Crippen LogP contribution in [0.25, 0.3) is 0 Å². The molecule has 1 unspecified atom stereocenters. The van der Waals surface area contributed by atoms with Crippen LogP contribution in [-0.2, 0) is 24.7 Å². The van der Waals surface area contributed by atoms with Crippen LogP contribution in [0.2, 0.25) is 0 Å². The molecule has 1 N–H and O–H groups in total. The lowest BCUT2D eigenvalue weighted by Crippen LogP contribution is -2.36. The van der Waals surface area contributed by atoms with Gasteiger partial charge in [0.1, 0.15) is 5.82 Å². The van der Waals surface area contributed by atoms with E-state index < -0.39 is 11.4 Å². The standard InChI is InChI=1S/C13H23N3O2/c1-6-7-10-14-11(16(5)15-10)8-13(4,9(2)3)12(17)18/h9H,6-8H2,1-5H3,(H,17,18). The summed E-state index contributed by atoms with van der Waals surface area (Å²) in [7, 11) is 1.82. The Morgan fingerprint density at radius 2 is 2.11 bits per heavy atom. The van der Waals surface area contributed by atoms with E-state index in [-0.39, 0.29) is 5.92 Å². The Hall–Kier alpha value is -1.39. The van der Waals surface area contributed by atoms with Gasteiger partial charge in [-0.25, -0.2) is 4.98 Å². The first-order valence-corrected chi connectivity index (χ1v) is 6.43. The summed E-state index contributed by atoms with van der Waals surface area (Å²) >= 11 is 0. The number of hydrogen-bond donors (Lipinski definition) is 1. The molecule has 102 valence electrons. The summed E-state index contributed by atoms with van der Waals surface area (Å²) in [6.07, 6.45) is 2.23. The molecule has 5 nitrogen and oxygen atoms in total. The van der Waals surface area contributed by atoms with Crippen LogP contribution < -0.4 is 0 Å². The van der Waals surface area contributed by atoms with Crippen molar-refractivity contribution in [3.05, 3.63) is 11.6 Å². The molecular formula is C13H23N3O2. The van der Waals surface area contributed by atoms with Gasteiger partial charge in [0.05, 0.1) is 5.41 Å². The zero-order valence-electron chi connectivity index (χ0n) is 11.9. The van der Waals surface area contributed by atoms with Gasteiger partial charge < -0.3 is 5.11 Å². The first-order valence-electron chi connectivity index (χ1n) is 6.43. The van der Waals surface area contributed by atoms with Crippen molar-refractivity contribution >= 4 is 5.97 Å². The smallest absolute Gasteiger partial charge is 0.310 e. The van der Waals surface area contributed by atoms with Crippen molar-refractivity contribution in [2.75, 3.05) is 0 Å². The molecule has 1 heterocycles. The SMILES string of the molecule is CCCc1nc(CC(C)(C(=O)O)C(C)C)n(C)n1. The minimum absolute atomic E-state index is 0.0429. The normalized spacial score (nSPS) is 14.8. The van der Waals surface area contributed by atoms with Crippen LogP contribution in [0.3, 0.4) is 0 Å². The molecule has 0 spiro atoms. The molecule has 5 heteroatoms. The zero-order chi connectivity index (χ0) is 13.9. The van der Waals surface area contributed by atoms with E-state index >= 15 is 0 Å². The van der Waals surface area contributed by atoms with Gasteiger partial charge in [-0.15, -0.1) is 0 Å². The first-order chi connectivity index (χ1) is 8.31. The number of carboxylic acid groups (broad SMARTS) is 1. The number of nitrogens with zero attached hydrogens (tertiary/aromatic N) is 3. The number of carboxylic acids is 1. The van der Waals surface area contributed by atoms with Crippen LogP contribution in [0, 0.1) is 11.3 Å². The van der Waals surface area contributed by atoms with Crippen LogP contribution in [0.1, 0.15) is 45.8 Å². The molecule has 0 bridgehead atoms. The molecule has 0 radical (unpaired) electrons. The van der Waals surface area contributed by atoms with Gasteiger partial charge in [-0.1, -0.05) is 20.8 Å². The number of hydrogen-bond acceptors (Lipinski definition) is 3. The molecule has 1 rings (SSSR count). The monoisotopic (exact) mass is 253 g/mol. The fourth-order valence-electron chi connectivity index (χ4n) is 1.81. The maximum Gasteiger partial charge on any atom is 0.310 e. The third kappa shape index (κ3) is 2.89. The van der Waals surface area contributed by atoms with Crippen LogP contribution >= 0.6 is 0 Å². The van der Waals surface area contributed by atoms with Crippen molar-refractivity contribution in [3.8, 4) is 0 Å². The van der Waals surface area contributed by atoms with Gasteiger partial charge in [-0.05, 0) is 19.3 Å². The van der Waals surface area contributed by atoms with E-state index in [4.69, 9.17) is 0 Å². The number of aryl methyl sites for hydroxylation is 2. The first kappa shape index (κ1) is 14.7. The van der Waals surface area contributed by atoms with Crippen LogP contribution in [0.4, 0.5) is 0 Å². The molecule has 0 fully saturated rings. The number of rotatable bonds is 6. The maximum absolute atomic E-state index is 11.5. The van der Waals surface area contributed by atoms with Crippen molar-refractivity contribution in [1.82, 2.24) is 14.8 Å². The maximum atomic E-state index is 11.5. The quantitative estimate of drug-likeness (QED) is 0.842. The van der Waals surface area contributed by atoms with E-state index in [0.717, 1.165) is 24.5 Å². The molecular weight excluding hydrogens is 230 g/mol. The number of aliphatic carboxylic acids is 1. The summed E-state index contributed by atoms with van der Waals surface area (Å²) in [5.41, 5.74) is -0.801. The lowest BCUT2D eigenvalue weighted by Gasteiger charge is -2.28. The van der Waals surface area contributed by atoms with E-state index in [1.807, 2.05) is 20.9 Å². The Bertz CT molecular complexity index is 426. The topological polar surface area (TPSA) is 68.0 Å². The summed E-state index contributed by atoms with van der Waals surface area (Å²) in [5, 5.41) is 13.7. The Morgan fingerprint density at radius 1 is 1.50 bits per heavy atom. The van der Waals surface area contributed by atoms with Crippen LogP contribution in [0.5, 0.6) is 0 Å². The molecule has 1 aromatic heterocycles. The predicted octanol–water partition coefficient (Wildman–Crippen LogP) is 2.06. The predicted molar refractivity (Wildman–Crippen MR) is 69.3 cm³/mol. The fourth-order valence-corrected chi connectivity index (χ4v) is 1.81. The minimum atomic E-state index is -0.801. The van der Waals surface area contributed by atoms with Crippen molar-refractivity contribution in [2.45, 2.75) is 47.0 Å². The van der Waals surface area contributed by atoms with Gasteiger partial charge in [-0.2, -0.15) is 5.10 Å². The lowest BCUT2D eigenvalue weighted by atomic mass is 9.76. The molecule has 1 aromatic rings. The number of carbonyl (C=O) groups is 1. The average Bonchev–Trinajstić information content (AvgIpc) is 2.59. The highest BCUT2D eigenvalue weighted by molar-refractivity contribution is 5.74. The second-order valence-electron chi connectivity index (χ2n) is 5.37. The summed E-state index contributed by atoms with van der Waals surface area (Å²) < 4.78 is 1.70. The second-order valence-corrected chi connectivity index (χ2v) is 5.37. The fraction of sp³-hybridized carbons (Fsp3) is 0.769. The highest BCUT2D eigenvalue weighted by Gasteiger charge is 2.38. The summed E-state index contributed by atoms with van der Waals surface area (Å²) in [5.74, 6) is 0.808. The molecule has 0 amide bonds. The van der Waals surface area contributed by atoms with Gasteiger partial charge in [0.15, 0.2) is 5.82 Å². The number of aromatic nitrogens is 3. The molecule has 0 aromatic carbocycles. The summed E-state index contributed by atoms with van der Waals surface area (Å²) in [4.78, 5) is 15.9. The Kier molecular flexibility index (Phi) is 4.48. The van der Waals surface area contributed by atoms with Crippen molar-refractivity contribution in [2.24, 2.45) is 18.4 Å². The molecule has 0 saturated heterocycles. The van der Waals surface area contributed by atoms with E-state index in [9.17, 15) is 9.90 Å². The van der Waals surface area contributed by atoms with Gasteiger partial charge in [0, 0.05) is 19.9 Å². The van der Waals surface area contributed by atoms with Gasteiger partial charge in [0.25, 0.3) is 0 Å². The largest absolute Gasteiger partial charge is 0.481 e. The molecule has 1 atom stereocenters. The van der Waals surface area contributed by atoms with Crippen LogP contribution in [0.15, 0.2) is 0 Å². The molecule has 0 aliphatic rings. The van der Waals surface area contributed by atoms with Gasteiger partial charge in [-0.3, -0.25) is 9.48 Å². The van der Waals surface area contributed by atoms with Crippen molar-refractivity contribution in [3.63, 3.8) is 0 Å². The third-order valence-corrected chi connectivity index (χ3v) is 3.66.